The van der Waals surface area contributed by atoms with Crippen LogP contribution in [-0.4, -0.2) is 94.2 Å². The van der Waals surface area contributed by atoms with E-state index in [2.05, 4.69) is 12.3 Å². The number of hydrogen-bond donors (Lipinski definition) is 4. The second-order valence-corrected chi connectivity index (χ2v) is 9.15. The molecule has 0 aromatic rings. The van der Waals surface area contributed by atoms with Gasteiger partial charge in [-0.15, -0.1) is 0 Å². The quantitative estimate of drug-likeness (QED) is 0.263. The molecule has 124 valence electrons. The Balaban J connectivity index is 0.00000242. The van der Waals surface area contributed by atoms with Crippen LogP contribution in [0.15, 0.2) is 0 Å². The van der Waals surface area contributed by atoms with Crippen molar-refractivity contribution in [1.29, 1.82) is 0 Å². The number of aliphatic hydroxyl groups excluding tert-OH is 4. The van der Waals surface area contributed by atoms with Crippen molar-refractivity contribution in [3.05, 3.63) is 0 Å². The first-order chi connectivity index (χ1) is 9.67. The van der Waals surface area contributed by atoms with Crippen LogP contribution in [-0.2, 0) is 31.5 Å². The fourth-order valence-corrected chi connectivity index (χ4v) is 6.28. The Labute approximate surface area is 126 Å². The third-order valence-electron chi connectivity index (χ3n) is 2.47. The van der Waals surface area contributed by atoms with Crippen molar-refractivity contribution in [3.8, 4) is 0 Å². The molecule has 1 spiro atoms. The van der Waals surface area contributed by atoms with Crippen molar-refractivity contribution in [2.24, 2.45) is 0 Å². The van der Waals surface area contributed by atoms with Crippen LogP contribution in [0.25, 0.3) is 0 Å². The van der Waals surface area contributed by atoms with Crippen molar-refractivity contribution < 1.29 is 57.4 Å². The number of carbonyl (C=O) groups is 4. The summed E-state index contributed by atoms with van der Waals surface area (Å²) in [6.07, 6.45) is -9.37. The van der Waals surface area contributed by atoms with Crippen LogP contribution in [0.5, 0.6) is 0 Å². The standard InChI is InChI=1S/2C4H6O6.H2O.Sn/c2*5-1(3(7)8)2(6)4(9)10;;/h2*1-2,5-6H,(H,7,8)(H,9,10);1H2;/q;;;+4/p-4. The zero-order chi connectivity index (χ0) is 15.9. The van der Waals surface area contributed by atoms with E-state index in [0.717, 1.165) is 0 Å². The summed E-state index contributed by atoms with van der Waals surface area (Å²) in [4.78, 5) is 45.7. The van der Waals surface area contributed by atoms with Gasteiger partial charge in [0.15, 0.2) is 0 Å². The molecule has 2 heterocycles. The van der Waals surface area contributed by atoms with E-state index in [1.54, 1.807) is 0 Å². The van der Waals surface area contributed by atoms with Crippen molar-refractivity contribution >= 4 is 43.9 Å². The first-order valence-corrected chi connectivity index (χ1v) is 9.96. The van der Waals surface area contributed by atoms with Crippen molar-refractivity contribution in [1.82, 2.24) is 0 Å². The topological polar surface area (TPSA) is 218 Å². The fraction of sp³-hybridized carbons (Fsp3) is 0.500. The van der Waals surface area contributed by atoms with Crippen LogP contribution >= 0.6 is 0 Å². The minimum absolute atomic E-state index is 0. The van der Waals surface area contributed by atoms with Crippen LogP contribution in [0.1, 0.15) is 0 Å². The molecule has 0 bridgehead atoms. The molecule has 2 fully saturated rings. The average molecular weight is 433 g/mol. The number of rotatable bonds is 0. The van der Waals surface area contributed by atoms with Crippen LogP contribution < -0.4 is 0 Å². The molecule has 2 saturated heterocycles. The Hall–Kier alpha value is -1.52. The Kier molecular flexibility index (Phi) is 5.31. The molecule has 2 rings (SSSR count). The summed E-state index contributed by atoms with van der Waals surface area (Å²) >= 11 is -6.01. The summed E-state index contributed by atoms with van der Waals surface area (Å²) in [6, 6.07) is 0. The van der Waals surface area contributed by atoms with E-state index in [9.17, 15) is 39.6 Å². The van der Waals surface area contributed by atoms with Gasteiger partial charge in [-0.1, -0.05) is 0 Å². The molecule has 4 unspecified atom stereocenters. The van der Waals surface area contributed by atoms with Crippen LogP contribution in [0.3, 0.4) is 0 Å². The number of hydrogen-bond acceptors (Lipinski definition) is 12. The molecule has 0 aromatic carbocycles. The second kappa shape index (κ2) is 6.31. The zero-order valence-corrected chi connectivity index (χ0v) is 13.2. The van der Waals surface area contributed by atoms with E-state index in [1.807, 2.05) is 0 Å². The molecule has 13 nitrogen and oxygen atoms in total. The normalized spacial score (nSPS) is 38.7. The summed E-state index contributed by atoms with van der Waals surface area (Å²) in [5.74, 6) is -6.52. The van der Waals surface area contributed by atoms with E-state index in [1.165, 1.54) is 0 Å². The SMILES string of the molecule is O.O=C1[O][Sn]2([O]C(=O)C(O)C1O)[O]C(=O)C(O)C(O)C(=O)[O]2. The molecule has 0 aromatic heterocycles. The van der Waals surface area contributed by atoms with Gasteiger partial charge in [-0.25, -0.2) is 0 Å². The monoisotopic (exact) mass is 434 g/mol. The third-order valence-corrected chi connectivity index (χ3v) is 7.62. The molecule has 2 aliphatic heterocycles. The Morgan fingerprint density at radius 1 is 0.591 bits per heavy atom. The zero-order valence-electron chi connectivity index (χ0n) is 10.4. The van der Waals surface area contributed by atoms with Crippen molar-refractivity contribution in [2.75, 3.05) is 0 Å². The van der Waals surface area contributed by atoms with E-state index < -0.39 is 68.3 Å². The van der Waals surface area contributed by atoms with Gasteiger partial charge in [-0.3, -0.25) is 0 Å². The summed E-state index contributed by atoms with van der Waals surface area (Å²) in [6.45, 7) is 0. The van der Waals surface area contributed by atoms with Gasteiger partial charge in [0.25, 0.3) is 0 Å². The van der Waals surface area contributed by atoms with Gasteiger partial charge in [-0.05, 0) is 0 Å². The Morgan fingerprint density at radius 2 is 0.773 bits per heavy atom. The average Bonchev–Trinajstić information content (AvgIpc) is 2.53. The molecular weight excluding hydrogens is 423 g/mol. The van der Waals surface area contributed by atoms with Crippen LogP contribution in [0.4, 0.5) is 0 Å². The Bertz CT molecular complexity index is 423. The maximum absolute atomic E-state index is 11.4. The summed E-state index contributed by atoms with van der Waals surface area (Å²) in [5, 5.41) is 37.0. The molecule has 0 aliphatic carbocycles. The molecule has 6 N–H and O–H groups in total. The van der Waals surface area contributed by atoms with Gasteiger partial charge in [0.2, 0.25) is 0 Å². The minimum atomic E-state index is -6.01. The first kappa shape index (κ1) is 18.5. The molecule has 0 radical (unpaired) electrons. The maximum atomic E-state index is 11.4. The third kappa shape index (κ3) is 3.13. The van der Waals surface area contributed by atoms with Crippen molar-refractivity contribution in [2.45, 2.75) is 24.4 Å². The molecule has 2 aliphatic rings. The van der Waals surface area contributed by atoms with E-state index in [4.69, 9.17) is 0 Å². The summed E-state index contributed by atoms with van der Waals surface area (Å²) < 4.78 is 17.7. The fourth-order valence-electron chi connectivity index (χ4n) is 1.37. The second-order valence-electron chi connectivity index (χ2n) is 3.96. The predicted molar refractivity (Wildman–Crippen MR) is 57.8 cm³/mol. The molecular formula is C8H10O13Sn. The predicted octanol–water partition coefficient (Wildman–Crippen LogP) is -5.76. The van der Waals surface area contributed by atoms with Crippen LogP contribution in [0, 0.1) is 0 Å². The van der Waals surface area contributed by atoms with Gasteiger partial charge in [-0.2, -0.15) is 0 Å². The molecule has 0 saturated carbocycles. The van der Waals surface area contributed by atoms with Crippen LogP contribution in [0.2, 0.25) is 0 Å². The number of aliphatic hydroxyl groups is 4. The van der Waals surface area contributed by atoms with Gasteiger partial charge in [0, 0.05) is 0 Å². The van der Waals surface area contributed by atoms with Gasteiger partial charge >= 0.3 is 120 Å². The van der Waals surface area contributed by atoms with Crippen molar-refractivity contribution in [3.63, 3.8) is 0 Å². The molecule has 22 heavy (non-hydrogen) atoms. The van der Waals surface area contributed by atoms with E-state index in [0.29, 0.717) is 0 Å². The molecule has 0 amide bonds. The Morgan fingerprint density at radius 3 is 0.955 bits per heavy atom. The first-order valence-electron chi connectivity index (χ1n) is 5.30. The summed E-state index contributed by atoms with van der Waals surface area (Å²) in [5.41, 5.74) is 0. The van der Waals surface area contributed by atoms with Gasteiger partial charge in [0.1, 0.15) is 0 Å². The molecule has 4 atom stereocenters. The molecule has 14 heteroatoms. The summed E-state index contributed by atoms with van der Waals surface area (Å²) in [7, 11) is 0. The number of carbonyl (C=O) groups excluding carboxylic acids is 4. The van der Waals surface area contributed by atoms with Gasteiger partial charge in [0.05, 0.1) is 0 Å². The van der Waals surface area contributed by atoms with Gasteiger partial charge < -0.3 is 5.48 Å². The van der Waals surface area contributed by atoms with E-state index >= 15 is 0 Å². The van der Waals surface area contributed by atoms with E-state index in [-0.39, 0.29) is 5.48 Å².